The number of nitrogens with zero attached hydrogens (tertiary/aromatic N) is 4. The number of aryl methyl sites for hydroxylation is 2. The Bertz CT molecular complexity index is 947. The van der Waals surface area contributed by atoms with Crippen molar-refractivity contribution in [2.45, 2.75) is 65.2 Å². The maximum Gasteiger partial charge on any atom is 0.435 e. The largest absolute Gasteiger partial charge is 0.435 e. The Balaban J connectivity index is 1.70. The number of carbonyl (C=O) groups is 2. The molecule has 1 atom stereocenters. The van der Waals surface area contributed by atoms with Gasteiger partial charge < -0.3 is 11.1 Å². The second-order valence-electron chi connectivity index (χ2n) is 7.47. The Hall–Kier alpha value is -2.85. The molecule has 2 amide bonds. The van der Waals surface area contributed by atoms with E-state index in [-0.39, 0.29) is 29.4 Å². The molecule has 0 spiro atoms. The zero-order valence-corrected chi connectivity index (χ0v) is 16.9. The molecule has 0 aromatic carbocycles. The third-order valence-electron chi connectivity index (χ3n) is 5.38. The van der Waals surface area contributed by atoms with E-state index in [9.17, 15) is 22.8 Å². The van der Waals surface area contributed by atoms with E-state index in [1.54, 1.807) is 13.8 Å². The van der Waals surface area contributed by atoms with Gasteiger partial charge in [0.15, 0.2) is 5.69 Å². The van der Waals surface area contributed by atoms with Gasteiger partial charge in [0, 0.05) is 30.3 Å². The second kappa shape index (κ2) is 8.49. The van der Waals surface area contributed by atoms with Gasteiger partial charge >= 0.3 is 6.18 Å². The van der Waals surface area contributed by atoms with Crippen LogP contribution in [0.1, 0.15) is 60.5 Å². The van der Waals surface area contributed by atoms with E-state index in [4.69, 9.17) is 5.73 Å². The number of hydrogen-bond donors (Lipinski definition) is 2. The molecule has 0 radical (unpaired) electrons. The third kappa shape index (κ3) is 4.34. The van der Waals surface area contributed by atoms with E-state index in [0.29, 0.717) is 37.9 Å². The van der Waals surface area contributed by atoms with Crippen LogP contribution >= 0.6 is 0 Å². The van der Waals surface area contributed by atoms with Crippen molar-refractivity contribution in [1.82, 2.24) is 19.6 Å². The van der Waals surface area contributed by atoms with Crippen LogP contribution in [0.15, 0.2) is 6.20 Å². The number of rotatable bonds is 7. The van der Waals surface area contributed by atoms with Gasteiger partial charge in [-0.2, -0.15) is 23.4 Å². The Labute approximate surface area is 171 Å². The maximum atomic E-state index is 13.3. The van der Waals surface area contributed by atoms with Crippen molar-refractivity contribution in [3.63, 3.8) is 0 Å². The number of alkyl halides is 3. The zero-order valence-electron chi connectivity index (χ0n) is 16.9. The summed E-state index contributed by atoms with van der Waals surface area (Å²) in [6.07, 6.45) is -0.370. The first-order valence-corrected chi connectivity index (χ1v) is 9.95. The topological polar surface area (TPSA) is 108 Å². The van der Waals surface area contributed by atoms with Crippen molar-refractivity contribution in [2.24, 2.45) is 11.7 Å². The molecule has 164 valence electrons. The summed E-state index contributed by atoms with van der Waals surface area (Å²) < 4.78 is 42.7. The number of nitrogens with two attached hydrogens (primary N) is 1. The first kappa shape index (κ1) is 21.8. The van der Waals surface area contributed by atoms with Crippen molar-refractivity contribution >= 4 is 17.5 Å². The molecule has 2 aromatic heterocycles. The standard InChI is InChI=1S/C19H25F3N6O2/c1-3-27-15(17(23)29)13(10-24-27)25-18(30)11(2)8-9-28-14-7-5-4-6-12(14)16(26-28)19(20,21)22/h10-11H,3-9H2,1-2H3,(H2,23,29)(H,25,30). The van der Waals surface area contributed by atoms with Crippen LogP contribution in [0, 0.1) is 5.92 Å². The lowest BCUT2D eigenvalue weighted by Crippen LogP contribution is -2.25. The minimum Gasteiger partial charge on any atom is -0.364 e. The number of fused-ring (bicyclic) bond motifs is 1. The highest BCUT2D eigenvalue weighted by atomic mass is 19.4. The Morgan fingerprint density at radius 3 is 2.60 bits per heavy atom. The summed E-state index contributed by atoms with van der Waals surface area (Å²) in [6.45, 7) is 4.07. The summed E-state index contributed by atoms with van der Waals surface area (Å²) in [5.74, 6) is -1.60. The molecule has 2 aromatic rings. The normalized spacial score (nSPS) is 15.0. The molecule has 3 N–H and O–H groups in total. The average molecular weight is 426 g/mol. The van der Waals surface area contributed by atoms with Crippen LogP contribution in [0.3, 0.4) is 0 Å². The summed E-state index contributed by atoms with van der Waals surface area (Å²) in [4.78, 5) is 24.2. The molecular weight excluding hydrogens is 401 g/mol. The van der Waals surface area contributed by atoms with Crippen LogP contribution < -0.4 is 11.1 Å². The average Bonchev–Trinajstić information content (AvgIpc) is 3.27. The van der Waals surface area contributed by atoms with Gasteiger partial charge in [-0.05, 0) is 39.0 Å². The van der Waals surface area contributed by atoms with Gasteiger partial charge in [0.25, 0.3) is 5.91 Å². The highest BCUT2D eigenvalue weighted by molar-refractivity contribution is 6.02. The number of aromatic nitrogens is 4. The van der Waals surface area contributed by atoms with E-state index >= 15 is 0 Å². The van der Waals surface area contributed by atoms with Gasteiger partial charge in [0.05, 0.1) is 11.9 Å². The fourth-order valence-electron chi connectivity index (χ4n) is 3.76. The van der Waals surface area contributed by atoms with Crippen LogP contribution in [-0.4, -0.2) is 31.4 Å². The SMILES string of the molecule is CCn1ncc(NC(=O)C(C)CCn2nc(C(F)(F)F)c3c2CCCC3)c1C(N)=O. The lowest BCUT2D eigenvalue weighted by molar-refractivity contribution is -0.142. The highest BCUT2D eigenvalue weighted by Crippen LogP contribution is 2.36. The van der Waals surface area contributed by atoms with E-state index in [0.717, 1.165) is 6.42 Å². The predicted octanol–water partition coefficient (Wildman–Crippen LogP) is 2.76. The summed E-state index contributed by atoms with van der Waals surface area (Å²) in [5, 5.41) is 10.5. The lowest BCUT2D eigenvalue weighted by atomic mass is 9.95. The number of anilines is 1. The lowest BCUT2D eigenvalue weighted by Gasteiger charge is -2.16. The molecule has 0 saturated heterocycles. The van der Waals surface area contributed by atoms with Crippen molar-refractivity contribution in [2.75, 3.05) is 5.32 Å². The fraction of sp³-hybridized carbons (Fsp3) is 0.579. The number of carbonyl (C=O) groups excluding carboxylic acids is 2. The molecule has 1 unspecified atom stereocenters. The quantitative estimate of drug-likeness (QED) is 0.710. The number of halogens is 3. The number of amides is 2. The molecule has 2 heterocycles. The Morgan fingerprint density at radius 1 is 1.27 bits per heavy atom. The molecule has 1 aliphatic carbocycles. The first-order valence-electron chi connectivity index (χ1n) is 9.95. The maximum absolute atomic E-state index is 13.3. The number of primary amides is 1. The van der Waals surface area contributed by atoms with E-state index < -0.39 is 23.7 Å². The van der Waals surface area contributed by atoms with Gasteiger partial charge in [0.2, 0.25) is 5.91 Å². The first-order chi connectivity index (χ1) is 14.1. The molecule has 0 saturated carbocycles. The minimum atomic E-state index is -4.49. The summed E-state index contributed by atoms with van der Waals surface area (Å²) >= 11 is 0. The Kier molecular flexibility index (Phi) is 6.18. The molecular formula is C19H25F3N6O2. The van der Waals surface area contributed by atoms with Crippen LogP contribution in [0.2, 0.25) is 0 Å². The predicted molar refractivity (Wildman–Crippen MR) is 103 cm³/mol. The second-order valence-corrected chi connectivity index (χ2v) is 7.47. The van der Waals surface area contributed by atoms with Crippen LogP contribution in [0.4, 0.5) is 18.9 Å². The fourth-order valence-corrected chi connectivity index (χ4v) is 3.76. The zero-order chi connectivity index (χ0) is 22.1. The van der Waals surface area contributed by atoms with Crippen LogP contribution in [0.25, 0.3) is 0 Å². The third-order valence-corrected chi connectivity index (χ3v) is 5.38. The van der Waals surface area contributed by atoms with Gasteiger partial charge in [-0.3, -0.25) is 19.0 Å². The summed E-state index contributed by atoms with van der Waals surface area (Å²) in [7, 11) is 0. The monoisotopic (exact) mass is 426 g/mol. The minimum absolute atomic E-state index is 0.106. The van der Waals surface area contributed by atoms with Crippen molar-refractivity contribution < 1.29 is 22.8 Å². The molecule has 8 nitrogen and oxygen atoms in total. The molecule has 0 fully saturated rings. The molecule has 11 heteroatoms. The van der Waals surface area contributed by atoms with Gasteiger partial charge in [-0.1, -0.05) is 6.92 Å². The molecule has 0 aliphatic heterocycles. The van der Waals surface area contributed by atoms with Crippen molar-refractivity contribution in [3.8, 4) is 0 Å². The van der Waals surface area contributed by atoms with Gasteiger partial charge in [-0.25, -0.2) is 0 Å². The number of nitrogens with one attached hydrogen (secondary N) is 1. The van der Waals surface area contributed by atoms with E-state index in [2.05, 4.69) is 15.5 Å². The molecule has 3 rings (SSSR count). The van der Waals surface area contributed by atoms with Crippen LogP contribution in [0.5, 0.6) is 0 Å². The number of hydrogen-bond acceptors (Lipinski definition) is 4. The smallest absolute Gasteiger partial charge is 0.364 e. The van der Waals surface area contributed by atoms with E-state index in [1.807, 2.05) is 0 Å². The molecule has 0 bridgehead atoms. The summed E-state index contributed by atoms with van der Waals surface area (Å²) in [6, 6.07) is 0. The summed E-state index contributed by atoms with van der Waals surface area (Å²) in [5.41, 5.74) is 5.78. The van der Waals surface area contributed by atoms with Crippen molar-refractivity contribution in [3.05, 3.63) is 28.8 Å². The van der Waals surface area contributed by atoms with Gasteiger partial charge in [0.1, 0.15) is 5.69 Å². The van der Waals surface area contributed by atoms with Crippen LogP contribution in [-0.2, 0) is 36.9 Å². The van der Waals surface area contributed by atoms with E-state index in [1.165, 1.54) is 15.6 Å². The highest BCUT2D eigenvalue weighted by Gasteiger charge is 2.39. The molecule has 1 aliphatic rings. The Morgan fingerprint density at radius 2 is 1.97 bits per heavy atom. The van der Waals surface area contributed by atoms with Crippen molar-refractivity contribution in [1.29, 1.82) is 0 Å². The molecule has 30 heavy (non-hydrogen) atoms. The van der Waals surface area contributed by atoms with Gasteiger partial charge in [-0.15, -0.1) is 0 Å².